The van der Waals surface area contributed by atoms with Crippen molar-refractivity contribution in [3.63, 3.8) is 0 Å². The molecule has 4 nitrogen and oxygen atoms in total. The minimum atomic E-state index is -0.203. The predicted molar refractivity (Wildman–Crippen MR) is 124 cm³/mol. The van der Waals surface area contributed by atoms with Gasteiger partial charge in [0.2, 0.25) is 5.91 Å². The van der Waals surface area contributed by atoms with E-state index in [4.69, 9.17) is 9.72 Å². The summed E-state index contributed by atoms with van der Waals surface area (Å²) in [5, 5.41) is 4.95. The molecule has 30 heavy (non-hydrogen) atoms. The molecule has 1 fully saturated rings. The number of fused-ring (bicyclic) bond motifs is 1. The lowest BCUT2D eigenvalue weighted by Gasteiger charge is -2.24. The number of carbonyl (C=O) groups is 1. The van der Waals surface area contributed by atoms with E-state index < -0.39 is 0 Å². The highest BCUT2D eigenvalue weighted by Crippen LogP contribution is 2.34. The average molecular weight is 421 g/mol. The molecule has 0 bridgehead atoms. The zero-order valence-corrected chi connectivity index (χ0v) is 18.4. The summed E-state index contributed by atoms with van der Waals surface area (Å²) in [4.78, 5) is 17.6. The van der Waals surface area contributed by atoms with Crippen LogP contribution >= 0.6 is 11.8 Å². The number of nitrogens with one attached hydrogen (secondary N) is 1. The molecular formula is C25H28N2O2S. The van der Waals surface area contributed by atoms with E-state index in [9.17, 15) is 4.79 Å². The van der Waals surface area contributed by atoms with Crippen LogP contribution in [0, 0.1) is 0 Å². The van der Waals surface area contributed by atoms with Gasteiger partial charge >= 0.3 is 0 Å². The third-order valence-corrected chi connectivity index (χ3v) is 6.71. The molecular weight excluding hydrogens is 392 g/mol. The lowest BCUT2D eigenvalue weighted by atomic mass is 9.95. The molecule has 1 aliphatic carbocycles. The van der Waals surface area contributed by atoms with Gasteiger partial charge in [-0.05, 0) is 49.1 Å². The van der Waals surface area contributed by atoms with Gasteiger partial charge in [0.25, 0.3) is 0 Å². The number of thioether (sulfide) groups is 1. The van der Waals surface area contributed by atoms with Crippen molar-refractivity contribution >= 4 is 28.6 Å². The normalized spacial score (nSPS) is 15.7. The molecule has 0 saturated heterocycles. The van der Waals surface area contributed by atoms with Crippen LogP contribution in [0.25, 0.3) is 22.0 Å². The molecule has 4 rings (SSSR count). The van der Waals surface area contributed by atoms with Gasteiger partial charge in [-0.1, -0.05) is 61.4 Å². The molecule has 1 N–H and O–H groups in total. The Hall–Kier alpha value is -2.53. The monoisotopic (exact) mass is 420 g/mol. The third kappa shape index (κ3) is 4.78. The molecule has 1 amide bonds. The standard InChI is InChI=1S/C25H28N2O2S/c1-17(25(28)26-19-11-7-4-8-12-19)30-24-16-22(18-9-5-3-6-10-18)21-14-13-20(29-2)15-23(21)27-24/h3,5-6,9-10,13-17,19H,4,7-8,11-12H2,1-2H3,(H,26,28)/t17-/m0/s1. The number of carbonyl (C=O) groups excluding carboxylic acids is 1. The Morgan fingerprint density at radius 3 is 2.60 bits per heavy atom. The Kier molecular flexibility index (Phi) is 6.58. The third-order valence-electron chi connectivity index (χ3n) is 5.70. The lowest BCUT2D eigenvalue weighted by molar-refractivity contribution is -0.121. The van der Waals surface area contributed by atoms with E-state index in [0.29, 0.717) is 6.04 Å². The quantitative estimate of drug-likeness (QED) is 0.509. The Morgan fingerprint density at radius 2 is 1.87 bits per heavy atom. The van der Waals surface area contributed by atoms with Crippen LogP contribution in [0.15, 0.2) is 59.6 Å². The van der Waals surface area contributed by atoms with Crippen LogP contribution in [-0.4, -0.2) is 29.3 Å². The minimum absolute atomic E-state index is 0.0979. The fourth-order valence-electron chi connectivity index (χ4n) is 4.03. The number of amides is 1. The smallest absolute Gasteiger partial charge is 0.233 e. The zero-order valence-electron chi connectivity index (χ0n) is 17.6. The van der Waals surface area contributed by atoms with Crippen molar-refractivity contribution in [1.82, 2.24) is 10.3 Å². The fourth-order valence-corrected chi connectivity index (χ4v) is 4.90. The lowest BCUT2D eigenvalue weighted by Crippen LogP contribution is -2.40. The summed E-state index contributed by atoms with van der Waals surface area (Å²) in [6.07, 6.45) is 5.88. The van der Waals surface area contributed by atoms with E-state index in [1.165, 1.54) is 31.0 Å². The second-order valence-electron chi connectivity index (χ2n) is 7.86. The van der Waals surface area contributed by atoms with Crippen LogP contribution in [0.1, 0.15) is 39.0 Å². The molecule has 0 radical (unpaired) electrons. The number of nitrogens with zero attached hydrogens (tertiary/aromatic N) is 1. The van der Waals surface area contributed by atoms with Crippen LogP contribution in [0.5, 0.6) is 5.75 Å². The van der Waals surface area contributed by atoms with Crippen molar-refractivity contribution in [2.24, 2.45) is 0 Å². The van der Waals surface area contributed by atoms with Gasteiger partial charge in [-0.15, -0.1) is 0 Å². The molecule has 1 heterocycles. The number of hydrogen-bond donors (Lipinski definition) is 1. The van der Waals surface area contributed by atoms with E-state index in [1.54, 1.807) is 7.11 Å². The van der Waals surface area contributed by atoms with Gasteiger partial charge < -0.3 is 10.1 Å². The first-order valence-corrected chi connectivity index (χ1v) is 11.5. The number of methoxy groups -OCH3 is 1. The Bertz CT molecular complexity index is 1020. The van der Waals surface area contributed by atoms with Crippen molar-refractivity contribution < 1.29 is 9.53 Å². The summed E-state index contributed by atoms with van der Waals surface area (Å²) in [5.41, 5.74) is 3.12. The van der Waals surface area contributed by atoms with E-state index in [2.05, 4.69) is 29.6 Å². The SMILES string of the molecule is COc1ccc2c(-c3ccccc3)cc(S[C@@H](C)C(=O)NC3CCCCC3)nc2c1. The average Bonchev–Trinajstić information content (AvgIpc) is 2.79. The number of rotatable bonds is 6. The van der Waals surface area contributed by atoms with Gasteiger partial charge in [-0.25, -0.2) is 4.98 Å². The van der Waals surface area contributed by atoms with Gasteiger partial charge in [0, 0.05) is 17.5 Å². The topological polar surface area (TPSA) is 51.2 Å². The first-order valence-electron chi connectivity index (χ1n) is 10.7. The molecule has 156 valence electrons. The van der Waals surface area contributed by atoms with Gasteiger partial charge in [0.1, 0.15) is 5.75 Å². The number of pyridine rings is 1. The molecule has 0 spiro atoms. The predicted octanol–water partition coefficient (Wildman–Crippen LogP) is 5.84. The maximum atomic E-state index is 12.8. The molecule has 1 atom stereocenters. The fraction of sp³-hybridized carbons (Fsp3) is 0.360. The van der Waals surface area contributed by atoms with Gasteiger partial charge in [-0.2, -0.15) is 0 Å². The summed E-state index contributed by atoms with van der Waals surface area (Å²) in [5.74, 6) is 0.875. The molecule has 2 aromatic carbocycles. The summed E-state index contributed by atoms with van der Waals surface area (Å²) in [6.45, 7) is 1.96. The van der Waals surface area contributed by atoms with Gasteiger partial charge in [0.05, 0.1) is 22.9 Å². The van der Waals surface area contributed by atoms with Crippen LogP contribution in [0.2, 0.25) is 0 Å². The second-order valence-corrected chi connectivity index (χ2v) is 9.22. The van der Waals surface area contributed by atoms with Crippen molar-refractivity contribution in [3.05, 3.63) is 54.6 Å². The summed E-state index contributed by atoms with van der Waals surface area (Å²) in [6, 6.07) is 18.7. The van der Waals surface area contributed by atoms with Gasteiger partial charge in [0.15, 0.2) is 0 Å². The molecule has 0 unspecified atom stereocenters. The zero-order chi connectivity index (χ0) is 20.9. The molecule has 0 aliphatic heterocycles. The van der Waals surface area contributed by atoms with Crippen molar-refractivity contribution in [2.45, 2.75) is 55.3 Å². The van der Waals surface area contributed by atoms with E-state index in [0.717, 1.165) is 45.6 Å². The largest absolute Gasteiger partial charge is 0.497 e. The summed E-state index contributed by atoms with van der Waals surface area (Å²) >= 11 is 1.51. The molecule has 1 aromatic heterocycles. The van der Waals surface area contributed by atoms with E-state index in [-0.39, 0.29) is 11.2 Å². The highest BCUT2D eigenvalue weighted by atomic mass is 32.2. The van der Waals surface area contributed by atoms with Crippen LogP contribution < -0.4 is 10.1 Å². The minimum Gasteiger partial charge on any atom is -0.497 e. The highest BCUT2D eigenvalue weighted by molar-refractivity contribution is 8.00. The van der Waals surface area contributed by atoms with Crippen LogP contribution in [0.3, 0.4) is 0 Å². The van der Waals surface area contributed by atoms with Crippen LogP contribution in [-0.2, 0) is 4.79 Å². The summed E-state index contributed by atoms with van der Waals surface area (Å²) in [7, 11) is 1.66. The van der Waals surface area contributed by atoms with E-state index >= 15 is 0 Å². The number of ether oxygens (including phenoxy) is 1. The Morgan fingerprint density at radius 1 is 1.10 bits per heavy atom. The number of hydrogen-bond acceptors (Lipinski definition) is 4. The summed E-state index contributed by atoms with van der Waals surface area (Å²) < 4.78 is 5.40. The molecule has 5 heteroatoms. The first-order chi connectivity index (χ1) is 14.6. The maximum absolute atomic E-state index is 12.8. The van der Waals surface area contributed by atoms with Crippen LogP contribution in [0.4, 0.5) is 0 Å². The van der Waals surface area contributed by atoms with E-state index in [1.807, 2.05) is 37.3 Å². The molecule has 1 saturated carbocycles. The van der Waals surface area contributed by atoms with Crippen molar-refractivity contribution in [3.8, 4) is 16.9 Å². The maximum Gasteiger partial charge on any atom is 0.233 e. The Balaban J connectivity index is 1.62. The Labute approximate surface area is 182 Å². The van der Waals surface area contributed by atoms with Crippen molar-refractivity contribution in [2.75, 3.05) is 7.11 Å². The first kappa shape index (κ1) is 20.7. The number of benzene rings is 2. The highest BCUT2D eigenvalue weighted by Gasteiger charge is 2.21. The van der Waals surface area contributed by atoms with Gasteiger partial charge in [-0.3, -0.25) is 4.79 Å². The second kappa shape index (κ2) is 9.52. The number of aromatic nitrogens is 1. The van der Waals surface area contributed by atoms with Crippen molar-refractivity contribution in [1.29, 1.82) is 0 Å². The molecule has 3 aromatic rings. The molecule has 1 aliphatic rings.